The highest BCUT2D eigenvalue weighted by molar-refractivity contribution is 5.79. The Bertz CT molecular complexity index is 726. The maximum absolute atomic E-state index is 5.46. The largest absolute Gasteiger partial charge is 0.379 e. The molecule has 1 aliphatic rings. The second-order valence-electron chi connectivity index (χ2n) is 7.10. The molecule has 3 rings (SSSR count). The van der Waals surface area contributed by atoms with Crippen molar-refractivity contribution in [2.45, 2.75) is 25.9 Å². The summed E-state index contributed by atoms with van der Waals surface area (Å²) in [6, 6.07) is 19.3. The Hall–Kier alpha value is -2.37. The fourth-order valence-corrected chi connectivity index (χ4v) is 3.43. The van der Waals surface area contributed by atoms with Crippen molar-refractivity contribution in [3.8, 4) is 0 Å². The van der Waals surface area contributed by atoms with Crippen molar-refractivity contribution < 1.29 is 4.74 Å². The van der Waals surface area contributed by atoms with Crippen LogP contribution < -0.4 is 10.6 Å². The number of aryl methyl sites for hydroxylation is 1. The fraction of sp³-hybridized carbons (Fsp3) is 0.435. The van der Waals surface area contributed by atoms with Gasteiger partial charge in [0.1, 0.15) is 0 Å². The van der Waals surface area contributed by atoms with Crippen LogP contribution in [0.4, 0.5) is 0 Å². The quantitative estimate of drug-likeness (QED) is 0.420. The molecule has 0 radical (unpaired) electrons. The Morgan fingerprint density at radius 1 is 0.964 bits per heavy atom. The molecule has 1 aliphatic heterocycles. The number of hydrogen-bond donors (Lipinski definition) is 2. The predicted molar refractivity (Wildman–Crippen MR) is 116 cm³/mol. The zero-order chi connectivity index (χ0) is 19.4. The molecule has 0 atom stereocenters. The van der Waals surface area contributed by atoms with Crippen LogP contribution in [0.15, 0.2) is 59.6 Å². The van der Waals surface area contributed by atoms with Gasteiger partial charge in [-0.1, -0.05) is 54.6 Å². The molecule has 2 N–H and O–H groups in total. The maximum Gasteiger partial charge on any atom is 0.191 e. The first kappa shape index (κ1) is 20.4. The summed E-state index contributed by atoms with van der Waals surface area (Å²) >= 11 is 0. The number of nitrogens with zero attached hydrogens (tertiary/aromatic N) is 2. The first-order valence-corrected chi connectivity index (χ1v) is 10.2. The maximum atomic E-state index is 5.46. The van der Waals surface area contributed by atoms with Gasteiger partial charge in [0.2, 0.25) is 0 Å². The third kappa shape index (κ3) is 6.66. The summed E-state index contributed by atoms with van der Waals surface area (Å²) in [4.78, 5) is 6.82. The normalized spacial score (nSPS) is 15.4. The van der Waals surface area contributed by atoms with Crippen molar-refractivity contribution in [3.05, 3.63) is 71.3 Å². The highest BCUT2D eigenvalue weighted by Gasteiger charge is 2.12. The van der Waals surface area contributed by atoms with E-state index in [9.17, 15) is 0 Å². The fourth-order valence-electron chi connectivity index (χ4n) is 3.43. The average Bonchev–Trinajstić information content (AvgIpc) is 2.76. The van der Waals surface area contributed by atoms with Crippen molar-refractivity contribution in [2.24, 2.45) is 4.99 Å². The Balaban J connectivity index is 1.44. The lowest BCUT2D eigenvalue weighted by Gasteiger charge is -2.27. The third-order valence-electron chi connectivity index (χ3n) is 5.06. The molecule has 1 heterocycles. The van der Waals surface area contributed by atoms with E-state index >= 15 is 0 Å². The van der Waals surface area contributed by atoms with Crippen molar-refractivity contribution in [2.75, 3.05) is 39.9 Å². The van der Waals surface area contributed by atoms with Gasteiger partial charge in [-0.3, -0.25) is 9.89 Å². The second-order valence-corrected chi connectivity index (χ2v) is 7.10. The van der Waals surface area contributed by atoms with Crippen LogP contribution in [0, 0.1) is 0 Å². The van der Waals surface area contributed by atoms with Gasteiger partial charge < -0.3 is 15.4 Å². The van der Waals surface area contributed by atoms with Gasteiger partial charge in [-0.25, -0.2) is 0 Å². The first-order chi connectivity index (χ1) is 13.8. The van der Waals surface area contributed by atoms with Gasteiger partial charge in [0, 0.05) is 39.8 Å². The summed E-state index contributed by atoms with van der Waals surface area (Å²) in [5, 5.41) is 6.88. The van der Waals surface area contributed by atoms with E-state index in [1.54, 1.807) is 0 Å². The van der Waals surface area contributed by atoms with Crippen LogP contribution in [-0.4, -0.2) is 50.8 Å². The molecule has 0 spiro atoms. The molecular weight excluding hydrogens is 348 g/mol. The van der Waals surface area contributed by atoms with Crippen LogP contribution in [0.3, 0.4) is 0 Å². The number of hydrogen-bond acceptors (Lipinski definition) is 3. The van der Waals surface area contributed by atoms with Gasteiger partial charge >= 0.3 is 0 Å². The van der Waals surface area contributed by atoms with E-state index in [1.165, 1.54) is 16.7 Å². The molecule has 2 aromatic carbocycles. The van der Waals surface area contributed by atoms with E-state index < -0.39 is 0 Å². The average molecular weight is 381 g/mol. The molecule has 150 valence electrons. The smallest absolute Gasteiger partial charge is 0.191 e. The van der Waals surface area contributed by atoms with Gasteiger partial charge in [0.15, 0.2) is 5.96 Å². The van der Waals surface area contributed by atoms with Gasteiger partial charge in [-0.2, -0.15) is 0 Å². The molecule has 5 heteroatoms. The minimum absolute atomic E-state index is 0.777. The van der Waals surface area contributed by atoms with Crippen LogP contribution >= 0.6 is 0 Å². The molecule has 1 saturated heterocycles. The summed E-state index contributed by atoms with van der Waals surface area (Å²) in [6.45, 7) is 6.34. The Morgan fingerprint density at radius 3 is 2.43 bits per heavy atom. The van der Waals surface area contributed by atoms with Crippen LogP contribution in [-0.2, 0) is 24.2 Å². The van der Waals surface area contributed by atoms with Crippen molar-refractivity contribution in [3.63, 3.8) is 0 Å². The lowest BCUT2D eigenvalue weighted by atomic mass is 10.1. The topological polar surface area (TPSA) is 48.9 Å². The monoisotopic (exact) mass is 380 g/mol. The number of ether oxygens (including phenoxy) is 1. The van der Waals surface area contributed by atoms with Crippen molar-refractivity contribution in [1.82, 2.24) is 15.5 Å². The van der Waals surface area contributed by atoms with Crippen LogP contribution in [0.2, 0.25) is 0 Å². The summed E-state index contributed by atoms with van der Waals surface area (Å²) in [5.74, 6) is 0.856. The standard InChI is InChI=1S/C23H32N4O/c1-24-23(25-13-7-10-20-8-3-2-4-9-20)26-18-21-11-5-6-12-22(21)19-27-14-16-28-17-15-27/h2-6,8-9,11-12H,7,10,13-19H2,1H3,(H2,24,25,26). The molecule has 0 saturated carbocycles. The van der Waals surface area contributed by atoms with E-state index in [2.05, 4.69) is 75.1 Å². The molecule has 0 aliphatic carbocycles. The predicted octanol–water partition coefficient (Wildman–Crippen LogP) is 2.82. The summed E-state index contributed by atoms with van der Waals surface area (Å²) in [7, 11) is 1.83. The van der Waals surface area contributed by atoms with Crippen LogP contribution in [0.1, 0.15) is 23.1 Å². The highest BCUT2D eigenvalue weighted by atomic mass is 16.5. The highest BCUT2D eigenvalue weighted by Crippen LogP contribution is 2.13. The van der Waals surface area contributed by atoms with Crippen LogP contribution in [0.5, 0.6) is 0 Å². The molecule has 0 amide bonds. The first-order valence-electron chi connectivity index (χ1n) is 10.2. The lowest BCUT2D eigenvalue weighted by molar-refractivity contribution is 0.0341. The number of benzene rings is 2. The third-order valence-corrected chi connectivity index (χ3v) is 5.06. The zero-order valence-electron chi connectivity index (χ0n) is 16.9. The zero-order valence-corrected chi connectivity index (χ0v) is 16.9. The minimum atomic E-state index is 0.777. The molecule has 5 nitrogen and oxygen atoms in total. The molecule has 0 unspecified atom stereocenters. The molecule has 1 fully saturated rings. The molecule has 28 heavy (non-hydrogen) atoms. The van der Waals surface area contributed by atoms with Gasteiger partial charge in [0.25, 0.3) is 0 Å². The van der Waals surface area contributed by atoms with E-state index in [1.807, 2.05) is 7.05 Å². The summed E-state index contributed by atoms with van der Waals surface area (Å²) in [5.41, 5.74) is 4.07. The molecule has 0 aromatic heterocycles. The van der Waals surface area contributed by atoms with Crippen molar-refractivity contribution in [1.29, 1.82) is 0 Å². The second kappa shape index (κ2) is 11.5. The van der Waals surface area contributed by atoms with Crippen LogP contribution in [0.25, 0.3) is 0 Å². The lowest BCUT2D eigenvalue weighted by Crippen LogP contribution is -2.38. The number of nitrogens with one attached hydrogen (secondary N) is 2. The Labute approximate surface area is 168 Å². The number of rotatable bonds is 8. The number of guanidine groups is 1. The van der Waals surface area contributed by atoms with E-state index in [-0.39, 0.29) is 0 Å². The van der Waals surface area contributed by atoms with E-state index in [4.69, 9.17) is 4.74 Å². The van der Waals surface area contributed by atoms with Gasteiger partial charge in [0.05, 0.1) is 13.2 Å². The number of aliphatic imine (C=N–C) groups is 1. The molecule has 0 bridgehead atoms. The van der Waals surface area contributed by atoms with Crippen molar-refractivity contribution >= 4 is 5.96 Å². The van der Waals surface area contributed by atoms with E-state index in [0.29, 0.717) is 0 Å². The molecule has 2 aromatic rings. The van der Waals surface area contributed by atoms with Gasteiger partial charge in [-0.05, 0) is 29.5 Å². The Kier molecular flexibility index (Phi) is 8.34. The van der Waals surface area contributed by atoms with E-state index in [0.717, 1.165) is 64.7 Å². The Morgan fingerprint density at radius 2 is 1.68 bits per heavy atom. The SMILES string of the molecule is CN=C(NCCCc1ccccc1)NCc1ccccc1CN1CCOCC1. The summed E-state index contributed by atoms with van der Waals surface area (Å²) in [6.07, 6.45) is 2.16. The van der Waals surface area contributed by atoms with Gasteiger partial charge in [-0.15, -0.1) is 0 Å². The molecular formula is C23H32N4O. The summed E-state index contributed by atoms with van der Waals surface area (Å²) < 4.78 is 5.46. The minimum Gasteiger partial charge on any atom is -0.379 e. The number of morpholine rings is 1.